The molecule has 0 radical (unpaired) electrons. The summed E-state index contributed by atoms with van der Waals surface area (Å²) >= 11 is 4.30. The molecular weight excluding hydrogens is 144 g/mol. The lowest BCUT2D eigenvalue weighted by atomic mass is 10.4. The molecule has 0 spiro atoms. The third-order valence-corrected chi connectivity index (χ3v) is 1.76. The molecule has 1 atom stereocenters. The first kappa shape index (κ1) is 7.66. The highest BCUT2D eigenvalue weighted by Gasteiger charge is 2.01. The fraction of sp³-hybridized carbons (Fsp3) is 0.571. The molecule has 0 saturated carbocycles. The molecule has 1 aromatic heterocycles. The van der Waals surface area contributed by atoms with Crippen molar-refractivity contribution in [3.8, 4) is 0 Å². The van der Waals surface area contributed by atoms with Gasteiger partial charge in [-0.2, -0.15) is 12.6 Å². The van der Waals surface area contributed by atoms with Crippen LogP contribution in [0.4, 0.5) is 0 Å². The zero-order valence-electron chi connectivity index (χ0n) is 6.28. The van der Waals surface area contributed by atoms with E-state index in [2.05, 4.69) is 29.1 Å². The van der Waals surface area contributed by atoms with Crippen LogP contribution >= 0.6 is 12.6 Å². The Morgan fingerprint density at radius 1 is 1.80 bits per heavy atom. The SMILES string of the molecule is CCc1cncn1C(C)S. The molecule has 0 aromatic carbocycles. The van der Waals surface area contributed by atoms with Gasteiger partial charge >= 0.3 is 0 Å². The van der Waals surface area contributed by atoms with Gasteiger partial charge in [-0.25, -0.2) is 4.98 Å². The van der Waals surface area contributed by atoms with E-state index in [4.69, 9.17) is 0 Å². The van der Waals surface area contributed by atoms with Gasteiger partial charge in [0.1, 0.15) is 0 Å². The maximum atomic E-state index is 4.30. The molecule has 0 bridgehead atoms. The Labute approximate surface area is 66.7 Å². The van der Waals surface area contributed by atoms with Crippen LogP contribution in [0.2, 0.25) is 0 Å². The second kappa shape index (κ2) is 3.10. The standard InChI is InChI=1S/C7H12N2S/c1-3-7-4-8-5-9(7)6(2)10/h4-6,10H,3H2,1-2H3. The maximum absolute atomic E-state index is 4.30. The smallest absolute Gasteiger partial charge is 0.0957 e. The minimum atomic E-state index is 0.234. The van der Waals surface area contributed by atoms with Crippen molar-refractivity contribution in [2.45, 2.75) is 25.6 Å². The number of imidazole rings is 1. The van der Waals surface area contributed by atoms with E-state index in [1.165, 1.54) is 5.69 Å². The number of hydrogen-bond donors (Lipinski definition) is 1. The van der Waals surface area contributed by atoms with Gasteiger partial charge in [0, 0.05) is 11.9 Å². The highest BCUT2D eigenvalue weighted by molar-refractivity contribution is 7.80. The van der Waals surface area contributed by atoms with Gasteiger partial charge in [0.05, 0.1) is 11.7 Å². The van der Waals surface area contributed by atoms with Crippen molar-refractivity contribution in [1.29, 1.82) is 0 Å². The van der Waals surface area contributed by atoms with E-state index in [9.17, 15) is 0 Å². The fourth-order valence-electron chi connectivity index (χ4n) is 0.942. The van der Waals surface area contributed by atoms with Crippen molar-refractivity contribution in [3.05, 3.63) is 18.2 Å². The van der Waals surface area contributed by atoms with Crippen LogP contribution in [0.5, 0.6) is 0 Å². The van der Waals surface area contributed by atoms with E-state index in [1.54, 1.807) is 0 Å². The second-order valence-corrected chi connectivity index (χ2v) is 3.03. The molecule has 1 unspecified atom stereocenters. The van der Waals surface area contributed by atoms with E-state index < -0.39 is 0 Å². The highest BCUT2D eigenvalue weighted by Crippen LogP contribution is 2.12. The Hall–Kier alpha value is -0.440. The molecule has 1 heterocycles. The first-order valence-electron chi connectivity index (χ1n) is 3.44. The summed E-state index contributed by atoms with van der Waals surface area (Å²) in [4.78, 5) is 4.03. The van der Waals surface area contributed by atoms with Crippen LogP contribution in [-0.4, -0.2) is 9.55 Å². The van der Waals surface area contributed by atoms with E-state index in [0.29, 0.717) is 0 Å². The lowest BCUT2D eigenvalue weighted by molar-refractivity contribution is 0.703. The fourth-order valence-corrected chi connectivity index (χ4v) is 1.15. The number of aryl methyl sites for hydroxylation is 1. The van der Waals surface area contributed by atoms with Crippen molar-refractivity contribution in [1.82, 2.24) is 9.55 Å². The zero-order chi connectivity index (χ0) is 7.56. The monoisotopic (exact) mass is 156 g/mol. The molecule has 0 fully saturated rings. The average molecular weight is 156 g/mol. The molecule has 0 aliphatic carbocycles. The van der Waals surface area contributed by atoms with E-state index in [-0.39, 0.29) is 5.37 Å². The minimum Gasteiger partial charge on any atom is -0.323 e. The lowest BCUT2D eigenvalue weighted by Crippen LogP contribution is -2.00. The van der Waals surface area contributed by atoms with E-state index in [1.807, 2.05) is 19.4 Å². The van der Waals surface area contributed by atoms with Gasteiger partial charge in [0.2, 0.25) is 0 Å². The maximum Gasteiger partial charge on any atom is 0.0957 e. The van der Waals surface area contributed by atoms with Crippen LogP contribution in [0.15, 0.2) is 12.5 Å². The second-order valence-electron chi connectivity index (χ2n) is 2.28. The summed E-state index contributed by atoms with van der Waals surface area (Å²) in [7, 11) is 0. The summed E-state index contributed by atoms with van der Waals surface area (Å²) in [5.74, 6) is 0. The Morgan fingerprint density at radius 3 is 2.90 bits per heavy atom. The van der Waals surface area contributed by atoms with E-state index >= 15 is 0 Å². The van der Waals surface area contributed by atoms with Crippen LogP contribution in [0.3, 0.4) is 0 Å². The van der Waals surface area contributed by atoms with Crippen LogP contribution in [0.25, 0.3) is 0 Å². The third-order valence-electron chi connectivity index (χ3n) is 1.51. The van der Waals surface area contributed by atoms with Gasteiger partial charge in [-0.15, -0.1) is 0 Å². The number of aromatic nitrogens is 2. The summed E-state index contributed by atoms with van der Waals surface area (Å²) in [6.07, 6.45) is 4.72. The highest BCUT2D eigenvalue weighted by atomic mass is 32.1. The molecule has 10 heavy (non-hydrogen) atoms. The lowest BCUT2D eigenvalue weighted by Gasteiger charge is -2.08. The molecule has 3 heteroatoms. The first-order chi connectivity index (χ1) is 4.75. The van der Waals surface area contributed by atoms with Crippen LogP contribution in [-0.2, 0) is 6.42 Å². The summed E-state index contributed by atoms with van der Waals surface area (Å²) in [6, 6.07) is 0. The largest absolute Gasteiger partial charge is 0.323 e. The van der Waals surface area contributed by atoms with Crippen molar-refractivity contribution < 1.29 is 0 Å². The molecule has 0 amide bonds. The van der Waals surface area contributed by atoms with Crippen molar-refractivity contribution in [3.63, 3.8) is 0 Å². The normalized spacial score (nSPS) is 13.5. The summed E-state index contributed by atoms with van der Waals surface area (Å²) in [5.41, 5.74) is 1.24. The molecule has 0 N–H and O–H groups in total. The molecule has 0 saturated heterocycles. The Kier molecular flexibility index (Phi) is 2.38. The van der Waals surface area contributed by atoms with Crippen LogP contribution in [0, 0.1) is 0 Å². The van der Waals surface area contributed by atoms with Crippen LogP contribution in [0.1, 0.15) is 24.9 Å². The molecular formula is C7H12N2S. The molecule has 2 nitrogen and oxygen atoms in total. The van der Waals surface area contributed by atoms with Gasteiger partial charge in [0.15, 0.2) is 0 Å². The van der Waals surface area contributed by atoms with Crippen molar-refractivity contribution >= 4 is 12.6 Å². The minimum absolute atomic E-state index is 0.234. The molecule has 0 aliphatic rings. The van der Waals surface area contributed by atoms with Gasteiger partial charge in [-0.1, -0.05) is 6.92 Å². The summed E-state index contributed by atoms with van der Waals surface area (Å²) in [5, 5.41) is 0.234. The summed E-state index contributed by atoms with van der Waals surface area (Å²) in [6.45, 7) is 4.15. The molecule has 1 rings (SSSR count). The quantitative estimate of drug-likeness (QED) is 0.647. The van der Waals surface area contributed by atoms with Crippen LogP contribution < -0.4 is 0 Å². The van der Waals surface area contributed by atoms with Crippen molar-refractivity contribution in [2.75, 3.05) is 0 Å². The van der Waals surface area contributed by atoms with Gasteiger partial charge in [-0.3, -0.25) is 0 Å². The molecule has 56 valence electrons. The number of hydrogen-bond acceptors (Lipinski definition) is 2. The third kappa shape index (κ3) is 1.34. The van der Waals surface area contributed by atoms with Gasteiger partial charge in [0.25, 0.3) is 0 Å². The molecule has 1 aromatic rings. The molecule has 0 aliphatic heterocycles. The predicted molar refractivity (Wildman–Crippen MR) is 45.3 cm³/mol. The number of nitrogens with zero attached hydrogens (tertiary/aromatic N) is 2. The first-order valence-corrected chi connectivity index (χ1v) is 3.96. The van der Waals surface area contributed by atoms with Crippen molar-refractivity contribution in [2.24, 2.45) is 0 Å². The van der Waals surface area contributed by atoms with Gasteiger partial charge in [-0.05, 0) is 13.3 Å². The zero-order valence-corrected chi connectivity index (χ0v) is 7.18. The Morgan fingerprint density at radius 2 is 2.50 bits per heavy atom. The van der Waals surface area contributed by atoms with Gasteiger partial charge < -0.3 is 4.57 Å². The average Bonchev–Trinajstić information content (AvgIpc) is 2.33. The Bertz CT molecular complexity index is 205. The summed E-state index contributed by atoms with van der Waals surface area (Å²) < 4.78 is 2.06. The predicted octanol–water partition coefficient (Wildman–Crippen LogP) is 1.89. The number of rotatable bonds is 2. The van der Waals surface area contributed by atoms with E-state index in [0.717, 1.165) is 6.42 Å². The Balaban J connectivity index is 2.90. The topological polar surface area (TPSA) is 17.8 Å². The number of thiol groups is 1.